The highest BCUT2D eigenvalue weighted by Gasteiger charge is 2.38. The Morgan fingerprint density at radius 2 is 1.61 bits per heavy atom. The topological polar surface area (TPSA) is 15.3 Å². The summed E-state index contributed by atoms with van der Waals surface area (Å²) in [6.45, 7) is 7.77. The SMILES string of the molecule is CC1(CN2CCCNC3(CCCC3)C2)CCCC1. The van der Waals surface area contributed by atoms with Gasteiger partial charge < -0.3 is 10.2 Å². The molecule has 2 aliphatic carbocycles. The molecule has 0 radical (unpaired) electrons. The van der Waals surface area contributed by atoms with E-state index in [1.165, 1.54) is 84.0 Å². The molecule has 3 fully saturated rings. The second-order valence-electron chi connectivity index (χ2n) is 7.50. The van der Waals surface area contributed by atoms with Crippen molar-refractivity contribution in [3.63, 3.8) is 0 Å². The van der Waals surface area contributed by atoms with Crippen LogP contribution < -0.4 is 5.32 Å². The van der Waals surface area contributed by atoms with Crippen LogP contribution in [0.5, 0.6) is 0 Å². The van der Waals surface area contributed by atoms with Crippen LogP contribution >= 0.6 is 0 Å². The molecular formula is C16H30N2. The maximum Gasteiger partial charge on any atom is 0.0308 e. The summed E-state index contributed by atoms with van der Waals surface area (Å²) in [5, 5.41) is 3.88. The predicted octanol–water partition coefficient (Wildman–Crippen LogP) is 3.17. The molecule has 0 atom stereocenters. The van der Waals surface area contributed by atoms with Gasteiger partial charge in [0.25, 0.3) is 0 Å². The van der Waals surface area contributed by atoms with E-state index < -0.39 is 0 Å². The van der Waals surface area contributed by atoms with Gasteiger partial charge in [-0.1, -0.05) is 32.6 Å². The highest BCUT2D eigenvalue weighted by Crippen LogP contribution is 2.39. The summed E-state index contributed by atoms with van der Waals surface area (Å²) >= 11 is 0. The van der Waals surface area contributed by atoms with Crippen LogP contribution in [0.25, 0.3) is 0 Å². The first-order chi connectivity index (χ1) is 8.70. The minimum absolute atomic E-state index is 0.492. The van der Waals surface area contributed by atoms with Crippen LogP contribution in [0, 0.1) is 5.41 Å². The van der Waals surface area contributed by atoms with Gasteiger partial charge in [0.05, 0.1) is 0 Å². The van der Waals surface area contributed by atoms with Gasteiger partial charge in [-0.25, -0.2) is 0 Å². The molecule has 2 saturated carbocycles. The van der Waals surface area contributed by atoms with Crippen molar-refractivity contribution >= 4 is 0 Å². The Morgan fingerprint density at radius 3 is 2.33 bits per heavy atom. The van der Waals surface area contributed by atoms with E-state index in [1.54, 1.807) is 0 Å². The van der Waals surface area contributed by atoms with E-state index in [1.807, 2.05) is 0 Å². The third-order valence-electron chi connectivity index (χ3n) is 5.65. The van der Waals surface area contributed by atoms with Crippen molar-refractivity contribution in [1.29, 1.82) is 0 Å². The quantitative estimate of drug-likeness (QED) is 0.810. The van der Waals surface area contributed by atoms with Crippen LogP contribution in [-0.4, -0.2) is 36.6 Å². The molecule has 0 aromatic rings. The van der Waals surface area contributed by atoms with Crippen LogP contribution in [0.2, 0.25) is 0 Å². The number of nitrogens with zero attached hydrogens (tertiary/aromatic N) is 1. The summed E-state index contributed by atoms with van der Waals surface area (Å²) in [6.07, 6.45) is 12.9. The van der Waals surface area contributed by atoms with Crippen molar-refractivity contribution < 1.29 is 0 Å². The smallest absolute Gasteiger partial charge is 0.0308 e. The highest BCUT2D eigenvalue weighted by atomic mass is 15.2. The minimum atomic E-state index is 0.492. The normalized spacial score (nSPS) is 31.8. The third-order valence-corrected chi connectivity index (χ3v) is 5.65. The second-order valence-corrected chi connectivity index (χ2v) is 7.50. The van der Waals surface area contributed by atoms with Crippen molar-refractivity contribution in [2.45, 2.75) is 70.3 Å². The summed E-state index contributed by atoms with van der Waals surface area (Å²) in [4.78, 5) is 2.80. The molecule has 1 aliphatic heterocycles. The number of hydrogen-bond donors (Lipinski definition) is 1. The average Bonchev–Trinajstić information content (AvgIpc) is 2.89. The molecule has 2 heteroatoms. The lowest BCUT2D eigenvalue weighted by atomic mass is 9.87. The zero-order valence-electron chi connectivity index (χ0n) is 12.1. The van der Waals surface area contributed by atoms with Gasteiger partial charge in [-0.3, -0.25) is 0 Å². The Labute approximate surface area is 113 Å². The van der Waals surface area contributed by atoms with Gasteiger partial charge >= 0.3 is 0 Å². The molecule has 1 heterocycles. The van der Waals surface area contributed by atoms with E-state index in [0.717, 1.165) is 0 Å². The van der Waals surface area contributed by atoms with E-state index in [0.29, 0.717) is 11.0 Å². The van der Waals surface area contributed by atoms with Gasteiger partial charge in [-0.05, 0) is 50.6 Å². The molecule has 0 amide bonds. The van der Waals surface area contributed by atoms with Crippen molar-refractivity contribution in [2.75, 3.05) is 26.2 Å². The number of nitrogens with one attached hydrogen (secondary N) is 1. The zero-order valence-corrected chi connectivity index (χ0v) is 12.1. The van der Waals surface area contributed by atoms with Crippen LogP contribution in [0.3, 0.4) is 0 Å². The molecule has 3 aliphatic rings. The van der Waals surface area contributed by atoms with E-state index in [4.69, 9.17) is 0 Å². The molecule has 18 heavy (non-hydrogen) atoms. The summed E-state index contributed by atoms with van der Waals surface area (Å²) in [5.74, 6) is 0. The first-order valence-corrected chi connectivity index (χ1v) is 8.17. The Kier molecular flexibility index (Phi) is 3.68. The summed E-state index contributed by atoms with van der Waals surface area (Å²) in [5.41, 5.74) is 1.12. The van der Waals surface area contributed by atoms with Gasteiger partial charge in [-0.15, -0.1) is 0 Å². The van der Waals surface area contributed by atoms with Crippen LogP contribution in [0.4, 0.5) is 0 Å². The van der Waals surface area contributed by atoms with E-state index in [-0.39, 0.29) is 0 Å². The van der Waals surface area contributed by atoms with Crippen molar-refractivity contribution in [3.05, 3.63) is 0 Å². The number of hydrogen-bond acceptors (Lipinski definition) is 2. The molecule has 1 N–H and O–H groups in total. The monoisotopic (exact) mass is 250 g/mol. The Hall–Kier alpha value is -0.0800. The number of rotatable bonds is 2. The fourth-order valence-corrected chi connectivity index (χ4v) is 4.67. The lowest BCUT2D eigenvalue weighted by Gasteiger charge is -2.37. The highest BCUT2D eigenvalue weighted by molar-refractivity contribution is 4.98. The summed E-state index contributed by atoms with van der Waals surface area (Å²) in [6, 6.07) is 0. The molecule has 0 unspecified atom stereocenters. The summed E-state index contributed by atoms with van der Waals surface area (Å²) in [7, 11) is 0. The van der Waals surface area contributed by atoms with Gasteiger partial charge in [0.1, 0.15) is 0 Å². The van der Waals surface area contributed by atoms with Crippen LogP contribution in [0.1, 0.15) is 64.7 Å². The second kappa shape index (κ2) is 5.13. The fourth-order valence-electron chi connectivity index (χ4n) is 4.67. The first kappa shape index (κ1) is 12.9. The molecule has 104 valence electrons. The first-order valence-electron chi connectivity index (χ1n) is 8.17. The fraction of sp³-hybridized carbons (Fsp3) is 1.00. The van der Waals surface area contributed by atoms with Gasteiger partial charge in [-0.2, -0.15) is 0 Å². The van der Waals surface area contributed by atoms with Crippen LogP contribution in [-0.2, 0) is 0 Å². The average molecular weight is 250 g/mol. The van der Waals surface area contributed by atoms with Crippen molar-refractivity contribution in [1.82, 2.24) is 10.2 Å². The van der Waals surface area contributed by atoms with Crippen LogP contribution in [0.15, 0.2) is 0 Å². The molecule has 0 aromatic heterocycles. The van der Waals surface area contributed by atoms with Crippen molar-refractivity contribution in [3.8, 4) is 0 Å². The van der Waals surface area contributed by atoms with Gasteiger partial charge in [0.2, 0.25) is 0 Å². The zero-order chi connectivity index (χ0) is 12.5. The molecule has 0 aromatic carbocycles. The van der Waals surface area contributed by atoms with Gasteiger partial charge in [0.15, 0.2) is 0 Å². The van der Waals surface area contributed by atoms with Crippen molar-refractivity contribution in [2.24, 2.45) is 5.41 Å². The minimum Gasteiger partial charge on any atom is -0.310 e. The molecule has 0 bridgehead atoms. The standard InChI is InChI=1S/C16H30N2/c1-15(7-2-3-8-15)13-18-12-6-11-17-16(14-18)9-4-5-10-16/h17H,2-14H2,1H3. The van der Waals surface area contributed by atoms with Gasteiger partial charge in [0, 0.05) is 18.6 Å². The largest absolute Gasteiger partial charge is 0.310 e. The lowest BCUT2D eigenvalue weighted by molar-refractivity contribution is 0.140. The maximum absolute atomic E-state index is 3.88. The molecule has 1 spiro atoms. The molecule has 1 saturated heterocycles. The molecule has 2 nitrogen and oxygen atoms in total. The molecule has 3 rings (SSSR count). The third kappa shape index (κ3) is 2.75. The van der Waals surface area contributed by atoms with E-state index in [2.05, 4.69) is 17.1 Å². The van der Waals surface area contributed by atoms with E-state index in [9.17, 15) is 0 Å². The maximum atomic E-state index is 3.88. The summed E-state index contributed by atoms with van der Waals surface area (Å²) < 4.78 is 0. The molecular weight excluding hydrogens is 220 g/mol. The Balaban J connectivity index is 1.63. The Bertz CT molecular complexity index is 275. The lowest BCUT2D eigenvalue weighted by Crippen LogP contribution is -2.50. The Morgan fingerprint density at radius 1 is 0.944 bits per heavy atom. The van der Waals surface area contributed by atoms with E-state index >= 15 is 0 Å². The predicted molar refractivity (Wildman–Crippen MR) is 76.8 cm³/mol.